The zero-order valence-corrected chi connectivity index (χ0v) is 26.0. The van der Waals surface area contributed by atoms with E-state index >= 15 is 0 Å². The van der Waals surface area contributed by atoms with Crippen LogP contribution in [0.25, 0.3) is 0 Å². The van der Waals surface area contributed by atoms with Crippen LogP contribution in [0, 0.1) is 9.81 Å². The van der Waals surface area contributed by atoms with E-state index < -0.39 is 17.8 Å². The Morgan fingerprint density at radius 2 is 0.857 bits per heavy atom. The molecule has 17 heteroatoms. The first-order chi connectivity index (χ1) is 23.8. The summed E-state index contributed by atoms with van der Waals surface area (Å²) in [5.74, 6) is -3.04. The second-order valence-electron chi connectivity index (χ2n) is 10.9. The number of nitroso groups, excluding NO2 is 2. The Kier molecular flexibility index (Phi) is 10.9. The van der Waals surface area contributed by atoms with Gasteiger partial charge in [-0.15, -0.1) is 9.81 Å². The van der Waals surface area contributed by atoms with Gasteiger partial charge in [-0.05, 0) is 24.3 Å². The standard InChI is InChI=1S/C32H30N10O7/c43-21-22-9-26(17-33-13-22)39-1-3-40(27-10-23(14-34-18-27)30(44)37-48)5-6-41(28-11-24(15-35-19-28)31(45)38-49)7-8-42(4-2-39)29-12-25(32(46)47)16-36-20-29/h9-21H,1-8H2,(H,46,47). The molecule has 250 valence electrons. The van der Waals surface area contributed by atoms with Crippen LogP contribution in [0.5, 0.6) is 0 Å². The minimum atomic E-state index is -1.12. The molecule has 1 aliphatic heterocycles. The molecule has 2 amide bonds. The number of carboxylic acid groups (broad SMARTS) is 1. The van der Waals surface area contributed by atoms with Crippen molar-refractivity contribution in [1.82, 2.24) is 19.9 Å². The van der Waals surface area contributed by atoms with Gasteiger partial charge in [-0.25, -0.2) is 4.79 Å². The van der Waals surface area contributed by atoms with Gasteiger partial charge in [-0.1, -0.05) is 0 Å². The van der Waals surface area contributed by atoms with Crippen molar-refractivity contribution in [3.8, 4) is 0 Å². The molecule has 17 nitrogen and oxygen atoms in total. The van der Waals surface area contributed by atoms with Crippen LogP contribution in [0.4, 0.5) is 22.7 Å². The minimum absolute atomic E-state index is 0.0178. The van der Waals surface area contributed by atoms with Crippen molar-refractivity contribution in [3.63, 3.8) is 0 Å². The summed E-state index contributed by atoms with van der Waals surface area (Å²) < 4.78 is 0. The number of hydrogen-bond donors (Lipinski definition) is 1. The summed E-state index contributed by atoms with van der Waals surface area (Å²) in [4.78, 5) is 94.3. The van der Waals surface area contributed by atoms with Crippen LogP contribution in [-0.4, -0.2) is 101 Å². The third kappa shape index (κ3) is 8.45. The van der Waals surface area contributed by atoms with Gasteiger partial charge in [0.1, 0.15) is 0 Å². The van der Waals surface area contributed by atoms with Crippen LogP contribution < -0.4 is 19.6 Å². The van der Waals surface area contributed by atoms with Crippen molar-refractivity contribution in [2.24, 2.45) is 10.4 Å². The summed E-state index contributed by atoms with van der Waals surface area (Å²) in [7, 11) is 0. The molecule has 0 spiro atoms. The monoisotopic (exact) mass is 666 g/mol. The molecule has 0 unspecified atom stereocenters. The minimum Gasteiger partial charge on any atom is -0.478 e. The zero-order valence-electron chi connectivity index (χ0n) is 26.0. The van der Waals surface area contributed by atoms with Crippen LogP contribution in [0.2, 0.25) is 0 Å². The van der Waals surface area contributed by atoms with Crippen molar-refractivity contribution in [2.45, 2.75) is 0 Å². The maximum Gasteiger partial charge on any atom is 0.337 e. The highest BCUT2D eigenvalue weighted by atomic mass is 16.4. The van der Waals surface area contributed by atoms with Gasteiger partial charge in [0.15, 0.2) is 6.29 Å². The number of nitrogens with zero attached hydrogens (tertiary/aromatic N) is 10. The molecule has 1 aliphatic rings. The second kappa shape index (κ2) is 15.9. The lowest BCUT2D eigenvalue weighted by atomic mass is 10.2. The smallest absolute Gasteiger partial charge is 0.337 e. The zero-order chi connectivity index (χ0) is 34.8. The lowest BCUT2D eigenvalue weighted by Crippen LogP contribution is -2.46. The van der Waals surface area contributed by atoms with Crippen LogP contribution in [0.3, 0.4) is 0 Å². The fourth-order valence-electron chi connectivity index (χ4n) is 5.39. The first-order valence-corrected chi connectivity index (χ1v) is 15.0. The molecule has 1 N–H and O–H groups in total. The topological polar surface area (TPSA) is 212 Å². The van der Waals surface area contributed by atoms with Crippen molar-refractivity contribution >= 4 is 46.8 Å². The third-order valence-corrected chi connectivity index (χ3v) is 7.98. The Hall–Kier alpha value is -6.52. The number of aromatic carboxylic acids is 1. The third-order valence-electron chi connectivity index (χ3n) is 7.98. The number of aromatic nitrogens is 4. The van der Waals surface area contributed by atoms with Crippen molar-refractivity contribution < 1.29 is 24.3 Å². The Labute approximate surface area is 279 Å². The molecule has 1 saturated heterocycles. The van der Waals surface area contributed by atoms with Gasteiger partial charge in [0, 0.05) is 93.1 Å². The molecule has 5 heterocycles. The summed E-state index contributed by atoms with van der Waals surface area (Å²) in [6, 6.07) is 6.32. The summed E-state index contributed by atoms with van der Waals surface area (Å²) in [6.07, 6.45) is 12.3. The lowest BCUT2D eigenvalue weighted by molar-refractivity contribution is 0.0695. The average Bonchev–Trinajstić information content (AvgIpc) is 3.14. The highest BCUT2D eigenvalue weighted by Gasteiger charge is 2.21. The van der Waals surface area contributed by atoms with Crippen molar-refractivity contribution in [1.29, 1.82) is 0 Å². The first kappa shape index (κ1) is 33.8. The van der Waals surface area contributed by atoms with Crippen molar-refractivity contribution in [3.05, 3.63) is 106 Å². The molecule has 49 heavy (non-hydrogen) atoms. The van der Waals surface area contributed by atoms with Gasteiger partial charge in [-0.2, -0.15) is 0 Å². The number of carbonyl (C=O) groups is 4. The molecule has 0 saturated carbocycles. The van der Waals surface area contributed by atoms with Crippen molar-refractivity contribution in [2.75, 3.05) is 72.0 Å². The number of carbonyl (C=O) groups excluding carboxylic acids is 3. The van der Waals surface area contributed by atoms with E-state index in [0.29, 0.717) is 87.0 Å². The molecule has 4 aromatic rings. The average molecular weight is 667 g/mol. The molecule has 0 radical (unpaired) electrons. The van der Waals surface area contributed by atoms with E-state index in [9.17, 15) is 34.1 Å². The molecular weight excluding hydrogens is 636 g/mol. The fraction of sp³-hybridized carbons (Fsp3) is 0.250. The van der Waals surface area contributed by atoms with Crippen LogP contribution in [-0.2, 0) is 0 Å². The van der Waals surface area contributed by atoms with Gasteiger partial charge >= 0.3 is 17.8 Å². The number of rotatable bonds is 8. The molecule has 0 aliphatic carbocycles. The quantitative estimate of drug-likeness (QED) is 0.211. The molecule has 0 aromatic carbocycles. The van der Waals surface area contributed by atoms with Gasteiger partial charge in [0.2, 0.25) is 0 Å². The number of pyridine rings is 4. The van der Waals surface area contributed by atoms with E-state index in [1.165, 1.54) is 43.0 Å². The number of carboxylic acids is 1. The number of anilines is 4. The summed E-state index contributed by atoms with van der Waals surface area (Å²) >= 11 is 0. The summed E-state index contributed by atoms with van der Waals surface area (Å²) in [5, 5.41) is 14.7. The predicted octanol–water partition coefficient (Wildman–Crippen LogP) is 2.93. The lowest BCUT2D eigenvalue weighted by Gasteiger charge is -2.37. The SMILES string of the molecule is O=Cc1cncc(N2CCN(c3cncc(C(=O)O)c3)CCN(c3cncc(C(=O)N=O)c3)CCN(c3cncc(C(=O)N=O)c3)CC2)c1. The first-order valence-electron chi connectivity index (χ1n) is 15.0. The fourth-order valence-corrected chi connectivity index (χ4v) is 5.39. The maximum absolute atomic E-state index is 12.1. The van der Waals surface area contributed by atoms with E-state index in [1.807, 2.05) is 19.6 Å². The van der Waals surface area contributed by atoms with Gasteiger partial charge in [0.05, 0.1) is 64.2 Å². The van der Waals surface area contributed by atoms with E-state index in [4.69, 9.17) is 0 Å². The van der Waals surface area contributed by atoms with Gasteiger partial charge < -0.3 is 24.7 Å². The van der Waals surface area contributed by atoms with E-state index in [1.54, 1.807) is 30.9 Å². The normalized spacial score (nSPS) is 14.3. The Bertz CT molecular complexity index is 1870. The Balaban J connectivity index is 1.55. The molecule has 0 atom stereocenters. The largest absolute Gasteiger partial charge is 0.478 e. The second-order valence-corrected chi connectivity index (χ2v) is 10.9. The molecule has 4 aromatic heterocycles. The predicted molar refractivity (Wildman–Crippen MR) is 178 cm³/mol. The number of amides is 2. The van der Waals surface area contributed by atoms with E-state index in [2.05, 4.69) is 30.3 Å². The van der Waals surface area contributed by atoms with Gasteiger partial charge in [-0.3, -0.25) is 34.3 Å². The number of aldehydes is 1. The highest BCUT2D eigenvalue weighted by Crippen LogP contribution is 2.23. The maximum atomic E-state index is 12.1. The van der Waals surface area contributed by atoms with E-state index in [-0.39, 0.29) is 16.7 Å². The Morgan fingerprint density at radius 1 is 0.531 bits per heavy atom. The van der Waals surface area contributed by atoms with Crippen LogP contribution in [0.15, 0.2) is 84.2 Å². The van der Waals surface area contributed by atoms with Gasteiger partial charge in [0.25, 0.3) is 0 Å². The summed E-state index contributed by atoms with van der Waals surface area (Å²) in [5.41, 5.74) is 2.80. The summed E-state index contributed by atoms with van der Waals surface area (Å²) in [6.45, 7) is 3.03. The highest BCUT2D eigenvalue weighted by molar-refractivity contribution is 5.96. The Morgan fingerprint density at radius 3 is 1.20 bits per heavy atom. The van der Waals surface area contributed by atoms with Crippen LogP contribution in [0.1, 0.15) is 41.4 Å². The molecule has 1 fully saturated rings. The van der Waals surface area contributed by atoms with E-state index in [0.717, 1.165) is 0 Å². The number of hydrogen-bond acceptors (Lipinski definition) is 14. The van der Waals surface area contributed by atoms with Crippen LogP contribution >= 0.6 is 0 Å². The molecular formula is C32H30N10O7. The molecule has 0 bridgehead atoms. The molecule has 5 rings (SSSR count).